The molecule has 0 fully saturated rings. The topological polar surface area (TPSA) is 57.0 Å². The van der Waals surface area contributed by atoms with E-state index in [-0.39, 0.29) is 23.7 Å². The lowest BCUT2D eigenvalue weighted by Crippen LogP contribution is -2.14. The maximum atomic E-state index is 14.0. The van der Waals surface area contributed by atoms with E-state index in [1.807, 2.05) is 0 Å². The number of aryl methyl sites for hydroxylation is 1. The molecule has 0 aliphatic carbocycles. The van der Waals surface area contributed by atoms with Gasteiger partial charge >= 0.3 is 5.97 Å². The van der Waals surface area contributed by atoms with E-state index in [0.29, 0.717) is 6.07 Å². The molecule has 0 aliphatic rings. The van der Waals surface area contributed by atoms with Gasteiger partial charge < -0.3 is 4.74 Å². The molecule has 0 saturated heterocycles. The minimum absolute atomic E-state index is 0.0412. The summed E-state index contributed by atoms with van der Waals surface area (Å²) in [4.78, 5) is 11.8. The fraction of sp³-hybridized carbons (Fsp3) is 0.308. The van der Waals surface area contributed by atoms with Gasteiger partial charge in [0.15, 0.2) is 5.69 Å². The summed E-state index contributed by atoms with van der Waals surface area (Å²) >= 11 is 0. The SMILES string of the molecule is CCOC(=O)c1c(C)nnn1-c1ccc(C(F)F)cc1F. The highest BCUT2D eigenvalue weighted by molar-refractivity contribution is 5.89. The summed E-state index contributed by atoms with van der Waals surface area (Å²) in [5, 5.41) is 7.36. The van der Waals surface area contributed by atoms with Crippen molar-refractivity contribution < 1.29 is 22.7 Å². The number of rotatable bonds is 4. The van der Waals surface area contributed by atoms with Crippen LogP contribution in [0.2, 0.25) is 0 Å². The van der Waals surface area contributed by atoms with E-state index >= 15 is 0 Å². The Labute approximate surface area is 118 Å². The molecular formula is C13H12F3N3O2. The predicted octanol–water partition coefficient (Wildman–Crippen LogP) is 2.83. The highest BCUT2D eigenvalue weighted by Gasteiger charge is 2.22. The van der Waals surface area contributed by atoms with E-state index in [9.17, 15) is 18.0 Å². The molecular weight excluding hydrogens is 287 g/mol. The summed E-state index contributed by atoms with van der Waals surface area (Å²) < 4.78 is 44.8. The van der Waals surface area contributed by atoms with Crippen molar-refractivity contribution in [1.29, 1.82) is 0 Å². The second-order valence-electron chi connectivity index (χ2n) is 4.17. The number of halogens is 3. The van der Waals surface area contributed by atoms with Crippen LogP contribution in [0.1, 0.15) is 35.1 Å². The van der Waals surface area contributed by atoms with Crippen molar-refractivity contribution >= 4 is 5.97 Å². The van der Waals surface area contributed by atoms with Crippen LogP contribution < -0.4 is 0 Å². The second-order valence-corrected chi connectivity index (χ2v) is 4.17. The van der Waals surface area contributed by atoms with Crippen LogP contribution in [-0.4, -0.2) is 27.6 Å². The summed E-state index contributed by atoms with van der Waals surface area (Å²) in [5.41, 5.74) is -0.389. The smallest absolute Gasteiger partial charge is 0.359 e. The first-order chi connectivity index (χ1) is 9.95. The predicted molar refractivity (Wildman–Crippen MR) is 67.0 cm³/mol. The van der Waals surface area contributed by atoms with Crippen molar-refractivity contribution in [3.05, 3.63) is 41.0 Å². The summed E-state index contributed by atoms with van der Waals surface area (Å²) in [7, 11) is 0. The van der Waals surface area contributed by atoms with Gasteiger partial charge in [-0.15, -0.1) is 5.10 Å². The number of ether oxygens (including phenoxy) is 1. The quantitative estimate of drug-likeness (QED) is 0.815. The van der Waals surface area contributed by atoms with Gasteiger partial charge in [0, 0.05) is 5.56 Å². The number of benzene rings is 1. The number of esters is 1. The monoisotopic (exact) mass is 299 g/mol. The maximum absolute atomic E-state index is 14.0. The summed E-state index contributed by atoms with van der Waals surface area (Å²) in [6.07, 6.45) is -2.78. The zero-order chi connectivity index (χ0) is 15.6. The number of nitrogens with zero attached hydrogens (tertiary/aromatic N) is 3. The van der Waals surface area contributed by atoms with E-state index in [1.54, 1.807) is 6.92 Å². The van der Waals surface area contributed by atoms with Gasteiger partial charge in [0.25, 0.3) is 6.43 Å². The molecule has 0 bridgehead atoms. The van der Waals surface area contributed by atoms with Crippen LogP contribution >= 0.6 is 0 Å². The van der Waals surface area contributed by atoms with Crippen LogP contribution in [-0.2, 0) is 4.74 Å². The molecule has 0 atom stereocenters. The van der Waals surface area contributed by atoms with Crippen molar-refractivity contribution in [2.75, 3.05) is 6.61 Å². The Bertz CT molecular complexity index is 671. The van der Waals surface area contributed by atoms with Crippen molar-refractivity contribution in [2.45, 2.75) is 20.3 Å². The van der Waals surface area contributed by atoms with Gasteiger partial charge in [-0.05, 0) is 26.0 Å². The number of aromatic nitrogens is 3. The minimum atomic E-state index is -2.78. The average molecular weight is 299 g/mol. The van der Waals surface area contributed by atoms with Gasteiger partial charge in [0.1, 0.15) is 11.5 Å². The fourth-order valence-electron chi connectivity index (χ4n) is 1.79. The normalized spacial score (nSPS) is 11.0. The number of hydrogen-bond donors (Lipinski definition) is 0. The molecule has 0 spiro atoms. The highest BCUT2D eigenvalue weighted by Crippen LogP contribution is 2.24. The van der Waals surface area contributed by atoms with E-state index in [4.69, 9.17) is 4.74 Å². The van der Waals surface area contributed by atoms with Crippen molar-refractivity contribution in [3.63, 3.8) is 0 Å². The number of carbonyl (C=O) groups excluding carboxylic acids is 1. The lowest BCUT2D eigenvalue weighted by Gasteiger charge is -2.08. The van der Waals surface area contributed by atoms with E-state index in [1.165, 1.54) is 6.92 Å². The standard InChI is InChI=1S/C13H12F3N3O2/c1-3-21-13(20)11-7(2)17-18-19(11)10-5-4-8(12(15)16)6-9(10)14/h4-6,12H,3H2,1-2H3. The molecule has 0 radical (unpaired) electrons. The molecule has 2 aromatic rings. The summed E-state index contributed by atoms with van der Waals surface area (Å²) in [6.45, 7) is 3.27. The lowest BCUT2D eigenvalue weighted by molar-refractivity contribution is 0.0514. The average Bonchev–Trinajstić information content (AvgIpc) is 2.80. The van der Waals surface area contributed by atoms with Gasteiger partial charge in [-0.25, -0.2) is 22.6 Å². The van der Waals surface area contributed by atoms with Crippen LogP contribution in [0, 0.1) is 12.7 Å². The third kappa shape index (κ3) is 2.88. The van der Waals surface area contributed by atoms with Crippen LogP contribution in [0.3, 0.4) is 0 Å². The lowest BCUT2D eigenvalue weighted by atomic mass is 10.2. The van der Waals surface area contributed by atoms with E-state index < -0.39 is 23.8 Å². The molecule has 1 aromatic carbocycles. The molecule has 0 amide bonds. The van der Waals surface area contributed by atoms with Gasteiger partial charge in [0.05, 0.1) is 12.3 Å². The van der Waals surface area contributed by atoms with E-state index in [2.05, 4.69) is 10.3 Å². The molecule has 0 saturated carbocycles. The molecule has 21 heavy (non-hydrogen) atoms. The fourth-order valence-corrected chi connectivity index (χ4v) is 1.79. The summed E-state index contributed by atoms with van der Waals surface area (Å²) in [6, 6.07) is 2.88. The minimum Gasteiger partial charge on any atom is -0.461 e. The summed E-state index contributed by atoms with van der Waals surface area (Å²) in [5.74, 6) is -1.64. The Balaban J connectivity index is 2.50. The van der Waals surface area contributed by atoms with Crippen LogP contribution in [0.4, 0.5) is 13.2 Å². The van der Waals surface area contributed by atoms with Gasteiger partial charge in [0.2, 0.25) is 0 Å². The first kappa shape index (κ1) is 15.0. The zero-order valence-corrected chi connectivity index (χ0v) is 11.3. The third-order valence-electron chi connectivity index (χ3n) is 2.76. The Morgan fingerprint density at radius 3 is 2.71 bits per heavy atom. The molecule has 5 nitrogen and oxygen atoms in total. The molecule has 1 heterocycles. The Morgan fingerprint density at radius 1 is 1.43 bits per heavy atom. The first-order valence-electron chi connectivity index (χ1n) is 6.13. The molecule has 1 aromatic heterocycles. The second kappa shape index (κ2) is 5.94. The third-order valence-corrected chi connectivity index (χ3v) is 2.76. The molecule has 0 aliphatic heterocycles. The number of hydrogen-bond acceptors (Lipinski definition) is 4. The van der Waals surface area contributed by atoms with Crippen molar-refractivity contribution in [3.8, 4) is 5.69 Å². The molecule has 0 N–H and O–H groups in total. The highest BCUT2D eigenvalue weighted by atomic mass is 19.3. The molecule has 8 heteroatoms. The largest absolute Gasteiger partial charge is 0.461 e. The van der Waals surface area contributed by atoms with Crippen LogP contribution in [0.25, 0.3) is 5.69 Å². The van der Waals surface area contributed by atoms with Gasteiger partial charge in [-0.1, -0.05) is 11.3 Å². The van der Waals surface area contributed by atoms with E-state index in [0.717, 1.165) is 16.8 Å². The number of carbonyl (C=O) groups is 1. The maximum Gasteiger partial charge on any atom is 0.359 e. The number of alkyl halides is 2. The van der Waals surface area contributed by atoms with Crippen LogP contribution in [0.15, 0.2) is 18.2 Å². The van der Waals surface area contributed by atoms with Crippen molar-refractivity contribution in [1.82, 2.24) is 15.0 Å². The molecule has 2 rings (SSSR count). The Hall–Kier alpha value is -2.38. The first-order valence-corrected chi connectivity index (χ1v) is 6.13. The molecule has 0 unspecified atom stereocenters. The molecule has 112 valence electrons. The Morgan fingerprint density at radius 2 is 2.14 bits per heavy atom. The van der Waals surface area contributed by atoms with Crippen LogP contribution in [0.5, 0.6) is 0 Å². The van der Waals surface area contributed by atoms with Crippen molar-refractivity contribution in [2.24, 2.45) is 0 Å². The van der Waals surface area contributed by atoms with Gasteiger partial charge in [-0.3, -0.25) is 0 Å². The van der Waals surface area contributed by atoms with Gasteiger partial charge in [-0.2, -0.15) is 0 Å². The Kier molecular flexibility index (Phi) is 4.25. The zero-order valence-electron chi connectivity index (χ0n) is 11.3.